The second-order valence-corrected chi connectivity index (χ2v) is 6.85. The van der Waals surface area contributed by atoms with Crippen LogP contribution in [0, 0.1) is 5.92 Å². The van der Waals surface area contributed by atoms with Gasteiger partial charge in [0.15, 0.2) is 15.7 Å². The third-order valence-corrected chi connectivity index (χ3v) is 4.90. The van der Waals surface area contributed by atoms with Gasteiger partial charge in [0.2, 0.25) is 5.91 Å². The Morgan fingerprint density at radius 3 is 2.75 bits per heavy atom. The molecule has 2 rings (SSSR count). The van der Waals surface area contributed by atoms with Gasteiger partial charge in [-0.25, -0.2) is 13.2 Å². The largest absolute Gasteiger partial charge is 0.464 e. The summed E-state index contributed by atoms with van der Waals surface area (Å²) in [7, 11) is -0.323. The molecule has 9 heteroatoms. The van der Waals surface area contributed by atoms with Crippen molar-refractivity contribution in [1.82, 2.24) is 9.78 Å². The Balaban J connectivity index is 2.07. The molecule has 0 saturated carbocycles. The third-order valence-electron chi connectivity index (χ3n) is 3.13. The van der Waals surface area contributed by atoms with Gasteiger partial charge in [-0.2, -0.15) is 5.10 Å². The van der Waals surface area contributed by atoms with E-state index in [9.17, 15) is 18.0 Å². The number of methoxy groups -OCH3 is 1. The first-order valence-corrected chi connectivity index (χ1v) is 7.78. The van der Waals surface area contributed by atoms with Crippen LogP contribution in [0.2, 0.25) is 0 Å². The molecule has 1 aliphatic heterocycles. The average molecular weight is 301 g/mol. The van der Waals surface area contributed by atoms with E-state index in [0.717, 1.165) is 0 Å². The molecular weight excluding hydrogens is 286 g/mol. The van der Waals surface area contributed by atoms with E-state index in [4.69, 9.17) is 0 Å². The zero-order chi connectivity index (χ0) is 14.9. The Kier molecular flexibility index (Phi) is 3.80. The van der Waals surface area contributed by atoms with E-state index < -0.39 is 27.6 Å². The fourth-order valence-electron chi connectivity index (χ4n) is 2.05. The van der Waals surface area contributed by atoms with Gasteiger partial charge in [-0.1, -0.05) is 0 Å². The number of esters is 1. The molecule has 2 heterocycles. The van der Waals surface area contributed by atoms with Crippen molar-refractivity contribution in [1.29, 1.82) is 0 Å². The minimum absolute atomic E-state index is 0.0285. The predicted molar refractivity (Wildman–Crippen MR) is 69.9 cm³/mol. The Bertz CT molecular complexity index is 649. The van der Waals surface area contributed by atoms with Crippen molar-refractivity contribution < 1.29 is 22.7 Å². The highest BCUT2D eigenvalue weighted by atomic mass is 32.2. The first-order chi connectivity index (χ1) is 9.32. The van der Waals surface area contributed by atoms with Gasteiger partial charge in [0.1, 0.15) is 5.69 Å². The molecule has 1 N–H and O–H groups in total. The first-order valence-electron chi connectivity index (χ1n) is 5.96. The van der Waals surface area contributed by atoms with Gasteiger partial charge in [-0.15, -0.1) is 0 Å². The Hall–Kier alpha value is -1.90. The number of amides is 1. The summed E-state index contributed by atoms with van der Waals surface area (Å²) >= 11 is 0. The van der Waals surface area contributed by atoms with Crippen LogP contribution in [0.5, 0.6) is 0 Å². The van der Waals surface area contributed by atoms with Gasteiger partial charge in [-0.3, -0.25) is 9.48 Å². The van der Waals surface area contributed by atoms with Crippen LogP contribution < -0.4 is 5.32 Å². The van der Waals surface area contributed by atoms with Crippen LogP contribution in [-0.2, 0) is 26.4 Å². The van der Waals surface area contributed by atoms with E-state index in [2.05, 4.69) is 15.2 Å². The summed E-state index contributed by atoms with van der Waals surface area (Å²) in [5, 5.41) is 6.48. The van der Waals surface area contributed by atoms with E-state index >= 15 is 0 Å². The smallest absolute Gasteiger partial charge is 0.356 e. The lowest BCUT2D eigenvalue weighted by Crippen LogP contribution is -2.23. The SMILES string of the molecule is COC(=O)c1cc(NC(=O)C2CCS(=O)(=O)C2)nn1C. The van der Waals surface area contributed by atoms with Crippen molar-refractivity contribution >= 4 is 27.5 Å². The number of rotatable bonds is 3. The third kappa shape index (κ3) is 2.98. The summed E-state index contributed by atoms with van der Waals surface area (Å²) in [5.74, 6) is -1.45. The van der Waals surface area contributed by atoms with Gasteiger partial charge < -0.3 is 10.1 Å². The number of ether oxygens (including phenoxy) is 1. The van der Waals surface area contributed by atoms with Gasteiger partial charge in [-0.05, 0) is 6.42 Å². The Labute approximate surface area is 116 Å². The van der Waals surface area contributed by atoms with E-state index in [1.807, 2.05) is 0 Å². The van der Waals surface area contributed by atoms with Crippen LogP contribution in [0.25, 0.3) is 0 Å². The van der Waals surface area contributed by atoms with Gasteiger partial charge in [0.05, 0.1) is 24.5 Å². The molecule has 0 radical (unpaired) electrons. The number of nitrogens with one attached hydrogen (secondary N) is 1. The van der Waals surface area contributed by atoms with E-state index in [1.165, 1.54) is 17.9 Å². The zero-order valence-electron chi connectivity index (χ0n) is 11.1. The molecule has 1 atom stereocenters. The maximum Gasteiger partial charge on any atom is 0.356 e. The van der Waals surface area contributed by atoms with Crippen molar-refractivity contribution in [3.05, 3.63) is 11.8 Å². The molecule has 1 amide bonds. The van der Waals surface area contributed by atoms with Crippen molar-refractivity contribution in [2.75, 3.05) is 23.9 Å². The Morgan fingerprint density at radius 1 is 1.50 bits per heavy atom. The topological polar surface area (TPSA) is 107 Å². The number of sulfone groups is 1. The van der Waals surface area contributed by atoms with E-state index in [0.29, 0.717) is 6.42 Å². The Morgan fingerprint density at radius 2 is 2.20 bits per heavy atom. The number of anilines is 1. The predicted octanol–water partition coefficient (Wildman–Crippen LogP) is -0.420. The highest BCUT2D eigenvalue weighted by molar-refractivity contribution is 7.91. The minimum atomic E-state index is -3.11. The number of carbonyl (C=O) groups is 2. The maximum atomic E-state index is 11.9. The van der Waals surface area contributed by atoms with Gasteiger partial charge in [0, 0.05) is 13.1 Å². The summed E-state index contributed by atoms with van der Waals surface area (Å²) in [6.07, 6.45) is 0.310. The van der Waals surface area contributed by atoms with Crippen LogP contribution >= 0.6 is 0 Å². The van der Waals surface area contributed by atoms with Crippen LogP contribution in [0.3, 0.4) is 0 Å². The van der Waals surface area contributed by atoms with Crippen molar-refractivity contribution in [3.63, 3.8) is 0 Å². The molecule has 1 saturated heterocycles. The minimum Gasteiger partial charge on any atom is -0.464 e. The molecule has 0 aromatic carbocycles. The summed E-state index contributed by atoms with van der Waals surface area (Å²) in [4.78, 5) is 23.3. The number of carbonyl (C=O) groups excluding carboxylic acids is 2. The lowest BCUT2D eigenvalue weighted by Gasteiger charge is -2.06. The quantitative estimate of drug-likeness (QED) is 0.760. The highest BCUT2D eigenvalue weighted by Gasteiger charge is 2.33. The molecule has 20 heavy (non-hydrogen) atoms. The van der Waals surface area contributed by atoms with Gasteiger partial charge in [0.25, 0.3) is 0 Å². The van der Waals surface area contributed by atoms with E-state index in [1.54, 1.807) is 7.05 Å². The molecule has 8 nitrogen and oxygen atoms in total. The fraction of sp³-hybridized carbons (Fsp3) is 0.545. The molecule has 1 aliphatic rings. The molecule has 110 valence electrons. The highest BCUT2D eigenvalue weighted by Crippen LogP contribution is 2.20. The van der Waals surface area contributed by atoms with Crippen LogP contribution in [0.4, 0.5) is 5.82 Å². The molecule has 1 unspecified atom stereocenters. The second-order valence-electron chi connectivity index (χ2n) is 4.62. The monoisotopic (exact) mass is 301 g/mol. The van der Waals surface area contributed by atoms with E-state index in [-0.39, 0.29) is 23.0 Å². The van der Waals surface area contributed by atoms with Crippen molar-refractivity contribution in [2.45, 2.75) is 6.42 Å². The number of hydrogen-bond acceptors (Lipinski definition) is 6. The van der Waals surface area contributed by atoms with Crippen LogP contribution in [0.1, 0.15) is 16.9 Å². The summed E-state index contributed by atoms with van der Waals surface area (Å²) in [6, 6.07) is 1.38. The van der Waals surface area contributed by atoms with Crippen molar-refractivity contribution in [3.8, 4) is 0 Å². The second kappa shape index (κ2) is 5.23. The average Bonchev–Trinajstić information content (AvgIpc) is 2.91. The lowest BCUT2D eigenvalue weighted by atomic mass is 10.1. The number of hydrogen-bond donors (Lipinski definition) is 1. The number of aromatic nitrogens is 2. The molecule has 1 aromatic rings. The molecular formula is C11H15N3O5S. The number of nitrogens with zero attached hydrogens (tertiary/aromatic N) is 2. The summed E-state index contributed by atoms with van der Waals surface area (Å²) in [6.45, 7) is 0. The van der Waals surface area contributed by atoms with Gasteiger partial charge >= 0.3 is 5.97 Å². The molecule has 0 bridgehead atoms. The molecule has 0 spiro atoms. The van der Waals surface area contributed by atoms with Crippen LogP contribution in [0.15, 0.2) is 6.07 Å². The molecule has 1 aromatic heterocycles. The maximum absolute atomic E-state index is 11.9. The standard InChI is InChI=1S/C11H15N3O5S/c1-14-8(11(16)19-2)5-9(13-14)12-10(15)7-3-4-20(17,18)6-7/h5,7H,3-4,6H2,1-2H3,(H,12,13,15). The zero-order valence-corrected chi connectivity index (χ0v) is 11.9. The number of aryl methyl sites for hydroxylation is 1. The fourth-order valence-corrected chi connectivity index (χ4v) is 3.80. The molecule has 1 fully saturated rings. The normalized spacial score (nSPS) is 20.6. The lowest BCUT2D eigenvalue weighted by molar-refractivity contribution is -0.119. The van der Waals surface area contributed by atoms with Crippen LogP contribution in [-0.4, -0.2) is 48.7 Å². The summed E-state index contributed by atoms with van der Waals surface area (Å²) < 4.78 is 28.5. The summed E-state index contributed by atoms with van der Waals surface area (Å²) in [5.41, 5.74) is 0.196. The molecule has 0 aliphatic carbocycles. The van der Waals surface area contributed by atoms with Crippen molar-refractivity contribution in [2.24, 2.45) is 13.0 Å². The first kappa shape index (κ1) is 14.5.